The van der Waals surface area contributed by atoms with Gasteiger partial charge in [0.1, 0.15) is 0 Å². The molecular weight excluding hydrogens is 304 g/mol. The lowest BCUT2D eigenvalue weighted by atomic mass is 10.0. The summed E-state index contributed by atoms with van der Waals surface area (Å²) in [6.07, 6.45) is 4.54. The van der Waals surface area contributed by atoms with E-state index in [1.54, 1.807) is 19.3 Å². The number of Topliss-reactive ketones (excluding diaryl/α,β-unsaturated/α-hetero) is 1. The molecule has 3 rings (SSSR count). The van der Waals surface area contributed by atoms with Gasteiger partial charge in [-0.25, -0.2) is 0 Å². The summed E-state index contributed by atoms with van der Waals surface area (Å²) >= 11 is 0. The van der Waals surface area contributed by atoms with E-state index >= 15 is 0 Å². The van der Waals surface area contributed by atoms with Gasteiger partial charge in [-0.15, -0.1) is 0 Å². The summed E-state index contributed by atoms with van der Waals surface area (Å²) in [5, 5.41) is 6.69. The van der Waals surface area contributed by atoms with Crippen molar-refractivity contribution in [1.29, 1.82) is 0 Å². The topological polar surface area (TPSA) is 76.9 Å². The van der Waals surface area contributed by atoms with Crippen LogP contribution in [-0.2, 0) is 11.8 Å². The number of carbonyl (C=O) groups excluding carboxylic acids is 2. The van der Waals surface area contributed by atoms with Crippen LogP contribution in [0.4, 0.5) is 0 Å². The molecule has 0 aliphatic rings. The lowest BCUT2D eigenvalue weighted by Gasteiger charge is -2.18. The first kappa shape index (κ1) is 15.6. The SMILES string of the molecule is Cn1cc(C(=O)C(=O)NC(c2ccccc2)c2ccccn2)cn1. The second-order valence-corrected chi connectivity index (χ2v) is 5.30. The number of aromatic nitrogens is 3. The fourth-order valence-electron chi connectivity index (χ4n) is 2.39. The Kier molecular flexibility index (Phi) is 4.47. The Morgan fingerprint density at radius 1 is 1.08 bits per heavy atom. The number of aryl methyl sites for hydroxylation is 1. The second kappa shape index (κ2) is 6.87. The second-order valence-electron chi connectivity index (χ2n) is 5.30. The van der Waals surface area contributed by atoms with E-state index in [1.807, 2.05) is 42.5 Å². The average Bonchev–Trinajstić information content (AvgIpc) is 3.06. The van der Waals surface area contributed by atoms with Gasteiger partial charge in [0.25, 0.3) is 11.7 Å². The van der Waals surface area contributed by atoms with Gasteiger partial charge in [0, 0.05) is 19.4 Å². The maximum atomic E-state index is 12.4. The van der Waals surface area contributed by atoms with Gasteiger partial charge in [0.15, 0.2) is 0 Å². The molecule has 1 amide bonds. The summed E-state index contributed by atoms with van der Waals surface area (Å²) in [6.45, 7) is 0. The summed E-state index contributed by atoms with van der Waals surface area (Å²) in [7, 11) is 1.69. The maximum Gasteiger partial charge on any atom is 0.293 e. The number of pyridine rings is 1. The van der Waals surface area contributed by atoms with Crippen molar-refractivity contribution in [3.8, 4) is 0 Å². The summed E-state index contributed by atoms with van der Waals surface area (Å²) < 4.78 is 1.48. The van der Waals surface area contributed by atoms with Crippen LogP contribution in [0.15, 0.2) is 67.1 Å². The summed E-state index contributed by atoms with van der Waals surface area (Å²) in [5.74, 6) is -1.32. The third kappa shape index (κ3) is 3.38. The molecule has 2 aromatic heterocycles. The van der Waals surface area contributed by atoms with Crippen LogP contribution in [0.1, 0.15) is 27.7 Å². The lowest BCUT2D eigenvalue weighted by molar-refractivity contribution is -0.117. The number of rotatable bonds is 5. The first-order valence-corrected chi connectivity index (χ1v) is 7.45. The van der Waals surface area contributed by atoms with Crippen LogP contribution in [0.25, 0.3) is 0 Å². The molecule has 6 heteroatoms. The van der Waals surface area contributed by atoms with Crippen molar-refractivity contribution in [3.05, 3.63) is 83.9 Å². The molecule has 0 fully saturated rings. The fraction of sp³-hybridized carbons (Fsp3) is 0.111. The van der Waals surface area contributed by atoms with E-state index in [0.717, 1.165) is 5.56 Å². The average molecular weight is 320 g/mol. The summed E-state index contributed by atoms with van der Waals surface area (Å²) in [6, 6.07) is 14.4. The van der Waals surface area contributed by atoms with Gasteiger partial charge in [-0.3, -0.25) is 19.3 Å². The molecule has 24 heavy (non-hydrogen) atoms. The number of benzene rings is 1. The van der Waals surface area contributed by atoms with E-state index in [1.165, 1.54) is 17.1 Å². The van der Waals surface area contributed by atoms with Crippen LogP contribution in [0.3, 0.4) is 0 Å². The summed E-state index contributed by atoms with van der Waals surface area (Å²) in [5.41, 5.74) is 1.77. The number of hydrogen-bond acceptors (Lipinski definition) is 4. The number of carbonyl (C=O) groups is 2. The Morgan fingerprint density at radius 2 is 1.83 bits per heavy atom. The molecule has 2 heterocycles. The van der Waals surface area contributed by atoms with Crippen LogP contribution in [0, 0.1) is 0 Å². The van der Waals surface area contributed by atoms with E-state index in [9.17, 15) is 9.59 Å². The maximum absolute atomic E-state index is 12.4. The van der Waals surface area contributed by atoms with Crippen LogP contribution in [-0.4, -0.2) is 26.5 Å². The third-order valence-electron chi connectivity index (χ3n) is 3.57. The van der Waals surface area contributed by atoms with Crippen molar-refractivity contribution in [2.24, 2.45) is 7.05 Å². The van der Waals surface area contributed by atoms with Crippen molar-refractivity contribution >= 4 is 11.7 Å². The third-order valence-corrected chi connectivity index (χ3v) is 3.57. The zero-order valence-electron chi connectivity index (χ0n) is 13.1. The van der Waals surface area contributed by atoms with Gasteiger partial charge in [-0.1, -0.05) is 36.4 Å². The predicted octanol–water partition coefficient (Wildman–Crippen LogP) is 1.90. The Hall–Kier alpha value is -3.28. The molecule has 1 aromatic carbocycles. The predicted molar refractivity (Wildman–Crippen MR) is 88.2 cm³/mol. The molecule has 6 nitrogen and oxygen atoms in total. The van der Waals surface area contributed by atoms with Crippen molar-refractivity contribution in [2.75, 3.05) is 0 Å². The smallest absolute Gasteiger partial charge is 0.293 e. The highest BCUT2D eigenvalue weighted by Crippen LogP contribution is 2.20. The van der Waals surface area contributed by atoms with E-state index in [4.69, 9.17) is 0 Å². The quantitative estimate of drug-likeness (QED) is 0.575. The van der Waals surface area contributed by atoms with E-state index in [-0.39, 0.29) is 5.56 Å². The monoisotopic (exact) mass is 320 g/mol. The minimum absolute atomic E-state index is 0.253. The number of nitrogens with one attached hydrogen (secondary N) is 1. The normalized spacial score (nSPS) is 11.7. The highest BCUT2D eigenvalue weighted by atomic mass is 16.2. The van der Waals surface area contributed by atoms with Gasteiger partial charge in [-0.2, -0.15) is 5.10 Å². The van der Waals surface area contributed by atoms with Crippen LogP contribution in [0.2, 0.25) is 0 Å². The molecule has 1 atom stereocenters. The molecule has 1 N–H and O–H groups in total. The van der Waals surface area contributed by atoms with E-state index in [0.29, 0.717) is 5.69 Å². The number of amides is 1. The summed E-state index contributed by atoms with van der Waals surface area (Å²) in [4.78, 5) is 29.0. The minimum Gasteiger partial charge on any atom is -0.337 e. The molecule has 0 saturated heterocycles. The van der Waals surface area contributed by atoms with Gasteiger partial charge < -0.3 is 5.32 Å². The minimum atomic E-state index is -0.692. The van der Waals surface area contributed by atoms with E-state index < -0.39 is 17.7 Å². The Balaban J connectivity index is 1.87. The standard InChI is InChI=1S/C18H16N4O2/c1-22-12-14(11-20-22)17(23)18(24)21-16(13-7-3-2-4-8-13)15-9-5-6-10-19-15/h2-12,16H,1H3,(H,21,24). The number of hydrogen-bond donors (Lipinski definition) is 1. The lowest BCUT2D eigenvalue weighted by Crippen LogP contribution is -2.35. The van der Waals surface area contributed by atoms with Gasteiger partial charge >= 0.3 is 0 Å². The highest BCUT2D eigenvalue weighted by molar-refractivity contribution is 6.42. The van der Waals surface area contributed by atoms with Crippen LogP contribution >= 0.6 is 0 Å². The zero-order chi connectivity index (χ0) is 16.9. The highest BCUT2D eigenvalue weighted by Gasteiger charge is 2.23. The zero-order valence-corrected chi connectivity index (χ0v) is 13.1. The number of ketones is 1. The first-order chi connectivity index (χ1) is 11.6. The van der Waals surface area contributed by atoms with Crippen molar-refractivity contribution < 1.29 is 9.59 Å². The van der Waals surface area contributed by atoms with Crippen molar-refractivity contribution in [3.63, 3.8) is 0 Å². The number of nitrogens with zero attached hydrogens (tertiary/aromatic N) is 3. The molecular formula is C18H16N4O2. The molecule has 0 bridgehead atoms. The molecule has 1 unspecified atom stereocenters. The molecule has 0 radical (unpaired) electrons. The fourth-order valence-corrected chi connectivity index (χ4v) is 2.39. The van der Waals surface area contributed by atoms with Crippen molar-refractivity contribution in [1.82, 2.24) is 20.1 Å². The molecule has 0 spiro atoms. The van der Waals surface area contributed by atoms with E-state index in [2.05, 4.69) is 15.4 Å². The Morgan fingerprint density at radius 3 is 2.46 bits per heavy atom. The largest absolute Gasteiger partial charge is 0.337 e. The molecule has 0 saturated carbocycles. The Labute approximate surface area is 139 Å². The van der Waals surface area contributed by atoms with Gasteiger partial charge in [0.05, 0.1) is 23.5 Å². The first-order valence-electron chi connectivity index (χ1n) is 7.45. The molecule has 3 aromatic rings. The molecule has 0 aliphatic heterocycles. The Bertz CT molecular complexity index is 804. The van der Waals surface area contributed by atoms with Gasteiger partial charge in [0.2, 0.25) is 0 Å². The van der Waals surface area contributed by atoms with Crippen LogP contribution in [0.5, 0.6) is 0 Å². The van der Waals surface area contributed by atoms with Crippen molar-refractivity contribution in [2.45, 2.75) is 6.04 Å². The van der Waals surface area contributed by atoms with Gasteiger partial charge in [-0.05, 0) is 17.7 Å². The van der Waals surface area contributed by atoms with Crippen LogP contribution < -0.4 is 5.32 Å². The molecule has 0 aliphatic carbocycles. The molecule has 120 valence electrons.